The van der Waals surface area contributed by atoms with Crippen LogP contribution in [0.3, 0.4) is 0 Å². The normalized spacial score (nSPS) is 10.7. The van der Waals surface area contributed by atoms with Crippen molar-refractivity contribution >= 4 is 29.1 Å². The lowest BCUT2D eigenvalue weighted by atomic mass is 10.1. The maximum atomic E-state index is 13.4. The number of benzene rings is 2. The Morgan fingerprint density at radius 2 is 1.87 bits per heavy atom. The van der Waals surface area contributed by atoms with Crippen LogP contribution in [0.25, 0.3) is 0 Å². The fraction of sp³-hybridized carbons (Fsp3) is 0.133. The molecule has 0 heterocycles. The van der Waals surface area contributed by atoms with Gasteiger partial charge in [-0.15, -0.1) is 0 Å². The molecule has 1 N–H and O–H groups in total. The minimum Gasteiger partial charge on any atom is -0.434 e. The first-order chi connectivity index (χ1) is 10.9. The van der Waals surface area contributed by atoms with Gasteiger partial charge in [-0.3, -0.25) is 4.79 Å². The van der Waals surface area contributed by atoms with Crippen molar-refractivity contribution in [2.45, 2.75) is 13.2 Å². The Hall–Kier alpha value is -1.92. The number of hydrogen-bond acceptors (Lipinski definition) is 2. The second-order valence-electron chi connectivity index (χ2n) is 4.42. The molecule has 0 aliphatic heterocycles. The Morgan fingerprint density at radius 1 is 1.17 bits per heavy atom. The molecule has 0 saturated heterocycles. The first-order valence-electron chi connectivity index (χ1n) is 6.34. The van der Waals surface area contributed by atoms with E-state index in [0.29, 0.717) is 5.56 Å². The molecule has 0 radical (unpaired) electrons. The summed E-state index contributed by atoms with van der Waals surface area (Å²) in [6, 6.07) is 8.01. The van der Waals surface area contributed by atoms with Crippen LogP contribution in [-0.2, 0) is 6.54 Å². The Kier molecular flexibility index (Phi) is 5.74. The molecular weight excluding hydrogens is 354 g/mol. The van der Waals surface area contributed by atoms with Gasteiger partial charge in [0.1, 0.15) is 11.6 Å². The number of ether oxygens (including phenoxy) is 1. The molecule has 0 atom stereocenters. The van der Waals surface area contributed by atoms with Crippen molar-refractivity contribution in [2.24, 2.45) is 0 Å². The van der Waals surface area contributed by atoms with E-state index in [-0.39, 0.29) is 27.9 Å². The highest BCUT2D eigenvalue weighted by Crippen LogP contribution is 2.25. The number of halogens is 5. The summed E-state index contributed by atoms with van der Waals surface area (Å²) in [6.07, 6.45) is 0. The third-order valence-corrected chi connectivity index (χ3v) is 3.49. The predicted octanol–water partition coefficient (Wildman–Crippen LogP) is 4.66. The molecule has 0 spiro atoms. The van der Waals surface area contributed by atoms with E-state index >= 15 is 0 Å². The van der Waals surface area contributed by atoms with E-state index in [1.807, 2.05) is 0 Å². The lowest BCUT2D eigenvalue weighted by molar-refractivity contribution is -0.0504. The standard InChI is InChI=1S/C15H10Cl2F3NO2/c16-10-6-11(17)12(18)5-9(10)14(22)21-7-8-3-1-2-4-13(8)23-15(19)20/h1-6,15H,7H2,(H,21,22). The third kappa shape index (κ3) is 4.53. The van der Waals surface area contributed by atoms with Gasteiger partial charge in [-0.25, -0.2) is 4.39 Å². The molecule has 0 unspecified atom stereocenters. The highest BCUT2D eigenvalue weighted by molar-refractivity contribution is 6.36. The fourth-order valence-electron chi connectivity index (χ4n) is 1.83. The summed E-state index contributed by atoms with van der Waals surface area (Å²) >= 11 is 11.4. The number of carbonyl (C=O) groups excluding carboxylic acids is 1. The molecule has 0 aromatic heterocycles. The van der Waals surface area contributed by atoms with E-state index in [2.05, 4.69) is 10.1 Å². The van der Waals surface area contributed by atoms with Gasteiger partial charge in [0.2, 0.25) is 0 Å². The monoisotopic (exact) mass is 363 g/mol. The smallest absolute Gasteiger partial charge is 0.387 e. The minimum atomic E-state index is -2.98. The van der Waals surface area contributed by atoms with E-state index in [0.717, 1.165) is 12.1 Å². The van der Waals surface area contributed by atoms with Crippen molar-refractivity contribution in [1.29, 1.82) is 0 Å². The van der Waals surface area contributed by atoms with Gasteiger partial charge < -0.3 is 10.1 Å². The summed E-state index contributed by atoms with van der Waals surface area (Å²) in [5, 5.41) is 2.23. The predicted molar refractivity (Wildman–Crippen MR) is 80.7 cm³/mol. The zero-order valence-electron chi connectivity index (χ0n) is 11.5. The largest absolute Gasteiger partial charge is 0.434 e. The van der Waals surface area contributed by atoms with Gasteiger partial charge >= 0.3 is 6.61 Å². The second-order valence-corrected chi connectivity index (χ2v) is 5.23. The quantitative estimate of drug-likeness (QED) is 0.784. The number of nitrogens with one attached hydrogen (secondary N) is 1. The van der Waals surface area contributed by atoms with Gasteiger partial charge in [0.15, 0.2) is 0 Å². The fourth-order valence-corrected chi connectivity index (χ4v) is 2.30. The summed E-state index contributed by atoms with van der Waals surface area (Å²) in [5.74, 6) is -1.52. The maximum absolute atomic E-state index is 13.4. The molecule has 2 aromatic rings. The number of hydrogen-bond donors (Lipinski definition) is 1. The van der Waals surface area contributed by atoms with Crippen LogP contribution in [0.15, 0.2) is 36.4 Å². The first-order valence-corrected chi connectivity index (χ1v) is 7.09. The Balaban J connectivity index is 2.12. The second kappa shape index (κ2) is 7.57. The summed E-state index contributed by atoms with van der Waals surface area (Å²) in [7, 11) is 0. The molecule has 2 rings (SSSR count). The van der Waals surface area contributed by atoms with E-state index in [9.17, 15) is 18.0 Å². The number of alkyl halides is 2. The van der Waals surface area contributed by atoms with Crippen LogP contribution in [0.5, 0.6) is 5.75 Å². The van der Waals surface area contributed by atoms with E-state index in [1.54, 1.807) is 6.07 Å². The molecule has 0 aliphatic carbocycles. The van der Waals surface area contributed by atoms with Crippen molar-refractivity contribution < 1.29 is 22.7 Å². The Labute approximate surface area is 140 Å². The molecule has 0 aliphatic rings. The Morgan fingerprint density at radius 3 is 2.57 bits per heavy atom. The third-order valence-electron chi connectivity index (χ3n) is 2.88. The highest BCUT2D eigenvalue weighted by atomic mass is 35.5. The van der Waals surface area contributed by atoms with Crippen molar-refractivity contribution in [3.8, 4) is 5.75 Å². The van der Waals surface area contributed by atoms with Crippen LogP contribution in [0.4, 0.5) is 13.2 Å². The minimum absolute atomic E-state index is 0.0222. The van der Waals surface area contributed by atoms with Gasteiger partial charge in [0.05, 0.1) is 15.6 Å². The number of carbonyl (C=O) groups is 1. The van der Waals surface area contributed by atoms with Crippen LogP contribution in [0.1, 0.15) is 15.9 Å². The average molecular weight is 364 g/mol. The van der Waals surface area contributed by atoms with E-state index in [1.165, 1.54) is 18.2 Å². The van der Waals surface area contributed by atoms with E-state index in [4.69, 9.17) is 23.2 Å². The lowest BCUT2D eigenvalue weighted by Gasteiger charge is -2.12. The van der Waals surface area contributed by atoms with Crippen molar-refractivity contribution in [3.63, 3.8) is 0 Å². The van der Waals surface area contributed by atoms with Crippen LogP contribution in [0.2, 0.25) is 10.0 Å². The summed E-state index contributed by atoms with van der Waals surface area (Å²) < 4.78 is 42.4. The molecule has 1 amide bonds. The van der Waals surface area contributed by atoms with Crippen molar-refractivity contribution in [3.05, 3.63) is 63.4 Å². The topological polar surface area (TPSA) is 38.3 Å². The SMILES string of the molecule is O=C(NCc1ccccc1OC(F)F)c1cc(F)c(Cl)cc1Cl. The van der Waals surface area contributed by atoms with Crippen LogP contribution in [-0.4, -0.2) is 12.5 Å². The van der Waals surface area contributed by atoms with Gasteiger partial charge in [0, 0.05) is 12.1 Å². The van der Waals surface area contributed by atoms with Crippen LogP contribution >= 0.6 is 23.2 Å². The van der Waals surface area contributed by atoms with Crippen LogP contribution < -0.4 is 10.1 Å². The number of para-hydroxylation sites is 1. The summed E-state index contributed by atoms with van der Waals surface area (Å²) in [6.45, 7) is -3.07. The van der Waals surface area contributed by atoms with Crippen molar-refractivity contribution in [1.82, 2.24) is 5.32 Å². The molecule has 8 heteroatoms. The molecule has 0 saturated carbocycles. The molecule has 0 fully saturated rings. The van der Waals surface area contributed by atoms with Gasteiger partial charge in [-0.1, -0.05) is 41.4 Å². The average Bonchev–Trinajstić information content (AvgIpc) is 2.49. The van der Waals surface area contributed by atoms with Gasteiger partial charge in [-0.05, 0) is 18.2 Å². The molecule has 2 aromatic carbocycles. The van der Waals surface area contributed by atoms with Crippen molar-refractivity contribution in [2.75, 3.05) is 0 Å². The van der Waals surface area contributed by atoms with E-state index < -0.39 is 18.3 Å². The van der Waals surface area contributed by atoms with Gasteiger partial charge in [-0.2, -0.15) is 8.78 Å². The first kappa shape index (κ1) is 17.4. The lowest BCUT2D eigenvalue weighted by Crippen LogP contribution is -2.23. The van der Waals surface area contributed by atoms with Gasteiger partial charge in [0.25, 0.3) is 5.91 Å². The zero-order valence-corrected chi connectivity index (χ0v) is 13.0. The summed E-state index contributed by atoms with van der Waals surface area (Å²) in [4.78, 5) is 12.0. The summed E-state index contributed by atoms with van der Waals surface area (Å²) in [5.41, 5.74) is 0.229. The molecule has 122 valence electrons. The molecule has 23 heavy (non-hydrogen) atoms. The van der Waals surface area contributed by atoms with Crippen LogP contribution in [0, 0.1) is 5.82 Å². The Bertz CT molecular complexity index is 726. The maximum Gasteiger partial charge on any atom is 0.387 e. The molecule has 3 nitrogen and oxygen atoms in total. The molecule has 0 bridgehead atoms. The highest BCUT2D eigenvalue weighted by Gasteiger charge is 2.15. The molecular formula is C15H10Cl2F3NO2. The number of rotatable bonds is 5. The number of amides is 1. The zero-order chi connectivity index (χ0) is 17.0.